The second kappa shape index (κ2) is 8.32. The average Bonchev–Trinajstić information content (AvgIpc) is 3.31. The van der Waals surface area contributed by atoms with Crippen molar-refractivity contribution in [1.82, 2.24) is 0 Å². The number of hydrogen-bond donors (Lipinski definition) is 2. The summed E-state index contributed by atoms with van der Waals surface area (Å²) in [6.07, 6.45) is 6.60. The van der Waals surface area contributed by atoms with E-state index >= 15 is 0 Å². The van der Waals surface area contributed by atoms with Gasteiger partial charge in [0.2, 0.25) is 5.91 Å². The predicted molar refractivity (Wildman–Crippen MR) is 99.3 cm³/mol. The quantitative estimate of drug-likeness (QED) is 0.816. The zero-order valence-electron chi connectivity index (χ0n) is 14.4. The van der Waals surface area contributed by atoms with Crippen molar-refractivity contribution in [2.75, 3.05) is 11.9 Å². The predicted octanol–water partition coefficient (Wildman–Crippen LogP) is 3.88. The number of rotatable bonds is 6. The van der Waals surface area contributed by atoms with Crippen molar-refractivity contribution in [2.45, 2.75) is 57.6 Å². The summed E-state index contributed by atoms with van der Waals surface area (Å²) >= 11 is 0. The topological polar surface area (TPSA) is 64.4 Å². The molecule has 0 radical (unpaired) electrons. The second-order valence-corrected chi connectivity index (χ2v) is 7.45. The monoisotopic (exact) mass is 352 g/mol. The molecule has 4 nitrogen and oxygen atoms in total. The fourth-order valence-electron chi connectivity index (χ4n) is 3.39. The van der Waals surface area contributed by atoms with Crippen LogP contribution in [0.25, 0.3) is 0 Å². The lowest BCUT2D eigenvalue weighted by molar-refractivity contribution is -0.122. The molecule has 1 aromatic rings. The van der Waals surface area contributed by atoms with E-state index in [-0.39, 0.29) is 24.2 Å². The summed E-state index contributed by atoms with van der Waals surface area (Å²) < 4.78 is 5.72. The highest BCUT2D eigenvalue weighted by Gasteiger charge is 2.37. The molecule has 3 rings (SSSR count). The minimum atomic E-state index is -0.396. The van der Waals surface area contributed by atoms with Gasteiger partial charge in [0, 0.05) is 17.8 Å². The van der Waals surface area contributed by atoms with Gasteiger partial charge < -0.3 is 15.8 Å². The van der Waals surface area contributed by atoms with Gasteiger partial charge in [0.1, 0.15) is 0 Å². The van der Waals surface area contributed by atoms with Crippen molar-refractivity contribution in [3.8, 4) is 0 Å². The molecule has 2 aliphatic carbocycles. The summed E-state index contributed by atoms with van der Waals surface area (Å²) in [4.78, 5) is 12.6. The molecule has 0 aromatic heterocycles. The number of nitrogens with one attached hydrogen (secondary N) is 1. The Balaban J connectivity index is 0.00000208. The maximum absolute atomic E-state index is 12.6. The first-order chi connectivity index (χ1) is 11.0. The fourth-order valence-corrected chi connectivity index (χ4v) is 3.39. The van der Waals surface area contributed by atoms with Crippen LogP contribution < -0.4 is 11.1 Å². The van der Waals surface area contributed by atoms with Crippen LogP contribution in [0.1, 0.15) is 51.0 Å². The van der Waals surface area contributed by atoms with Gasteiger partial charge in [-0.3, -0.25) is 4.79 Å². The molecule has 2 saturated carbocycles. The smallest absolute Gasteiger partial charge is 0.229 e. The van der Waals surface area contributed by atoms with Crippen LogP contribution in [0, 0.1) is 11.8 Å². The van der Waals surface area contributed by atoms with Gasteiger partial charge in [0.25, 0.3) is 0 Å². The molecule has 1 amide bonds. The molecule has 134 valence electrons. The van der Waals surface area contributed by atoms with E-state index in [9.17, 15) is 4.79 Å². The molecule has 24 heavy (non-hydrogen) atoms. The Hall–Kier alpha value is -1.10. The molecule has 0 saturated heterocycles. The number of amides is 1. The van der Waals surface area contributed by atoms with E-state index in [0.29, 0.717) is 6.61 Å². The molecule has 2 atom stereocenters. The first-order valence-electron chi connectivity index (χ1n) is 8.81. The highest BCUT2D eigenvalue weighted by molar-refractivity contribution is 5.93. The number of benzene rings is 1. The van der Waals surface area contributed by atoms with Crippen LogP contribution in [0.4, 0.5) is 5.69 Å². The van der Waals surface area contributed by atoms with Crippen molar-refractivity contribution in [1.29, 1.82) is 0 Å². The Morgan fingerprint density at radius 2 is 2.12 bits per heavy atom. The summed E-state index contributed by atoms with van der Waals surface area (Å²) in [7, 11) is 0. The third-order valence-electron chi connectivity index (χ3n) is 5.08. The van der Waals surface area contributed by atoms with Crippen LogP contribution in [0.5, 0.6) is 0 Å². The van der Waals surface area contributed by atoms with Gasteiger partial charge in [-0.1, -0.05) is 25.0 Å². The van der Waals surface area contributed by atoms with Crippen molar-refractivity contribution < 1.29 is 9.53 Å². The van der Waals surface area contributed by atoms with Crippen LogP contribution in [0.15, 0.2) is 24.3 Å². The number of anilines is 1. The van der Waals surface area contributed by atoms with Gasteiger partial charge in [-0.05, 0) is 56.2 Å². The van der Waals surface area contributed by atoms with Gasteiger partial charge in [-0.2, -0.15) is 0 Å². The third kappa shape index (κ3) is 5.20. The van der Waals surface area contributed by atoms with Gasteiger partial charge >= 0.3 is 0 Å². The Bertz CT molecular complexity index is 558. The summed E-state index contributed by atoms with van der Waals surface area (Å²) in [6.45, 7) is 3.46. The molecule has 0 spiro atoms. The lowest BCUT2D eigenvalue weighted by atomic mass is 9.74. The highest BCUT2D eigenvalue weighted by Crippen LogP contribution is 2.32. The maximum atomic E-state index is 12.6. The standard InChI is InChI=1S/C19H28N2O2.ClH/c1-19(20)10-3-2-7-17(19)18(22)21-16-6-4-5-15(11-16)13-23-12-14-8-9-14;/h4-6,11,14,17H,2-3,7-10,12-13,20H2,1H3,(H,21,22);1H. The Morgan fingerprint density at radius 1 is 1.33 bits per heavy atom. The number of hydrogen-bond acceptors (Lipinski definition) is 3. The van der Waals surface area contributed by atoms with E-state index in [1.54, 1.807) is 0 Å². The van der Waals surface area contributed by atoms with Crippen molar-refractivity contribution in [2.24, 2.45) is 17.6 Å². The maximum Gasteiger partial charge on any atom is 0.229 e. The van der Waals surface area contributed by atoms with Gasteiger partial charge in [0.05, 0.1) is 12.5 Å². The van der Waals surface area contributed by atoms with Crippen molar-refractivity contribution in [3.63, 3.8) is 0 Å². The van der Waals surface area contributed by atoms with Crippen LogP contribution in [-0.4, -0.2) is 18.1 Å². The first kappa shape index (κ1) is 19.2. The minimum Gasteiger partial charge on any atom is -0.376 e. The van der Waals surface area contributed by atoms with Crippen molar-refractivity contribution in [3.05, 3.63) is 29.8 Å². The van der Waals surface area contributed by atoms with Gasteiger partial charge in [-0.15, -0.1) is 12.4 Å². The molecular weight excluding hydrogens is 324 g/mol. The van der Waals surface area contributed by atoms with E-state index < -0.39 is 5.54 Å². The molecule has 5 heteroatoms. The molecule has 0 heterocycles. The van der Waals surface area contributed by atoms with Crippen LogP contribution in [-0.2, 0) is 16.1 Å². The summed E-state index contributed by atoms with van der Waals surface area (Å²) in [5.41, 5.74) is 7.87. The molecule has 2 unspecified atom stereocenters. The number of carbonyl (C=O) groups is 1. The summed E-state index contributed by atoms with van der Waals surface area (Å²) in [6, 6.07) is 7.94. The molecule has 0 aliphatic heterocycles. The first-order valence-corrected chi connectivity index (χ1v) is 8.81. The van der Waals surface area contributed by atoms with Crippen LogP contribution >= 0.6 is 12.4 Å². The summed E-state index contributed by atoms with van der Waals surface area (Å²) in [5, 5.41) is 3.04. The lowest BCUT2D eigenvalue weighted by Crippen LogP contribution is -2.51. The molecule has 3 N–H and O–H groups in total. The number of carbonyl (C=O) groups excluding carboxylic acids is 1. The van der Waals surface area contributed by atoms with Crippen LogP contribution in [0.2, 0.25) is 0 Å². The van der Waals surface area contributed by atoms with E-state index in [4.69, 9.17) is 10.5 Å². The summed E-state index contributed by atoms with van der Waals surface area (Å²) in [5.74, 6) is 0.711. The zero-order valence-corrected chi connectivity index (χ0v) is 15.2. The normalized spacial score (nSPS) is 26.5. The molecule has 1 aromatic carbocycles. The lowest BCUT2D eigenvalue weighted by Gasteiger charge is -2.37. The van der Waals surface area contributed by atoms with E-state index in [0.717, 1.165) is 49.5 Å². The Labute approximate surface area is 150 Å². The van der Waals surface area contributed by atoms with Gasteiger partial charge in [0.15, 0.2) is 0 Å². The van der Waals surface area contributed by atoms with Crippen LogP contribution in [0.3, 0.4) is 0 Å². The van der Waals surface area contributed by atoms with E-state index in [1.165, 1.54) is 12.8 Å². The SMILES string of the molecule is CC1(N)CCCCC1C(=O)Nc1cccc(COCC2CC2)c1.Cl. The van der Waals surface area contributed by atoms with Gasteiger partial charge in [-0.25, -0.2) is 0 Å². The largest absolute Gasteiger partial charge is 0.376 e. The number of halogens is 1. The molecular formula is C19H29ClN2O2. The number of nitrogens with two attached hydrogens (primary N) is 1. The molecule has 2 aliphatic rings. The molecule has 2 fully saturated rings. The average molecular weight is 353 g/mol. The van der Waals surface area contributed by atoms with E-state index in [1.807, 2.05) is 31.2 Å². The minimum absolute atomic E-state index is 0. The Kier molecular flexibility index (Phi) is 6.67. The molecule has 0 bridgehead atoms. The fraction of sp³-hybridized carbons (Fsp3) is 0.632. The number of ether oxygens (including phenoxy) is 1. The third-order valence-corrected chi connectivity index (χ3v) is 5.08. The highest BCUT2D eigenvalue weighted by atomic mass is 35.5. The second-order valence-electron chi connectivity index (χ2n) is 7.45. The Morgan fingerprint density at radius 3 is 2.83 bits per heavy atom. The van der Waals surface area contributed by atoms with E-state index in [2.05, 4.69) is 5.32 Å². The van der Waals surface area contributed by atoms with Crippen molar-refractivity contribution >= 4 is 24.0 Å². The zero-order chi connectivity index (χ0) is 16.3.